The Hall–Kier alpha value is -2.98. The third-order valence-electron chi connectivity index (χ3n) is 4.22. The van der Waals surface area contributed by atoms with Gasteiger partial charge in [0.2, 0.25) is 11.8 Å². The van der Waals surface area contributed by atoms with Gasteiger partial charge in [-0.05, 0) is 32.0 Å². The highest BCUT2D eigenvalue weighted by Crippen LogP contribution is 2.43. The summed E-state index contributed by atoms with van der Waals surface area (Å²) in [6.45, 7) is 3.28. The smallest absolute Gasteiger partial charge is 0.234 e. The number of hydrogen-bond donors (Lipinski definition) is 2. The molecule has 0 amide bonds. The van der Waals surface area contributed by atoms with E-state index >= 15 is 0 Å². The molecule has 0 saturated carbocycles. The SMILES string of the molecule is CC1(C)C(=O)c2ccc(C#N)cc2[C@@H](Oc2ccc(O)nn2)[C@@H]1O. The number of carbonyl (C=O) groups is 1. The topological polar surface area (TPSA) is 116 Å². The Labute approximate surface area is 138 Å². The van der Waals surface area contributed by atoms with Gasteiger partial charge in [0.05, 0.1) is 17.0 Å². The van der Waals surface area contributed by atoms with Crippen molar-refractivity contribution in [2.45, 2.75) is 26.1 Å². The van der Waals surface area contributed by atoms with E-state index in [4.69, 9.17) is 10.00 Å². The number of ketones is 1. The van der Waals surface area contributed by atoms with Crippen LogP contribution in [0.5, 0.6) is 11.8 Å². The number of rotatable bonds is 2. The fraction of sp³-hybridized carbons (Fsp3) is 0.294. The largest absolute Gasteiger partial charge is 0.492 e. The summed E-state index contributed by atoms with van der Waals surface area (Å²) in [7, 11) is 0. The number of aliphatic hydroxyl groups excluding tert-OH is 1. The van der Waals surface area contributed by atoms with Gasteiger partial charge in [-0.15, -0.1) is 10.2 Å². The van der Waals surface area contributed by atoms with Gasteiger partial charge in [-0.3, -0.25) is 4.79 Å². The highest BCUT2D eigenvalue weighted by molar-refractivity contribution is 6.03. The summed E-state index contributed by atoms with van der Waals surface area (Å²) in [5.41, 5.74) is 0.136. The molecule has 2 N–H and O–H groups in total. The third kappa shape index (κ3) is 2.47. The average molecular weight is 325 g/mol. The van der Waals surface area contributed by atoms with Crippen LogP contribution >= 0.6 is 0 Å². The summed E-state index contributed by atoms with van der Waals surface area (Å²) in [6, 6.07) is 9.39. The van der Waals surface area contributed by atoms with Crippen molar-refractivity contribution >= 4 is 5.78 Å². The van der Waals surface area contributed by atoms with Gasteiger partial charge in [-0.1, -0.05) is 0 Å². The summed E-state index contributed by atoms with van der Waals surface area (Å²) in [4.78, 5) is 12.6. The van der Waals surface area contributed by atoms with Gasteiger partial charge in [0.25, 0.3) is 0 Å². The van der Waals surface area contributed by atoms with Crippen LogP contribution in [0.15, 0.2) is 30.3 Å². The highest BCUT2D eigenvalue weighted by atomic mass is 16.5. The van der Waals surface area contributed by atoms with Crippen LogP contribution in [0, 0.1) is 16.7 Å². The average Bonchev–Trinajstić information content (AvgIpc) is 2.58. The summed E-state index contributed by atoms with van der Waals surface area (Å²) < 4.78 is 5.74. The number of carbonyl (C=O) groups excluding carboxylic acids is 1. The quantitative estimate of drug-likeness (QED) is 0.864. The summed E-state index contributed by atoms with van der Waals surface area (Å²) in [5, 5.41) is 36.2. The second-order valence-corrected chi connectivity index (χ2v) is 6.18. The number of fused-ring (bicyclic) bond motifs is 1. The van der Waals surface area contributed by atoms with E-state index in [0.717, 1.165) is 0 Å². The lowest BCUT2D eigenvalue weighted by molar-refractivity contribution is -0.0382. The molecule has 0 saturated heterocycles. The molecule has 122 valence electrons. The number of Topliss-reactive ketones (excluding diaryl/α,β-unsaturated/α-hetero) is 1. The number of aromatic hydroxyl groups is 1. The third-order valence-corrected chi connectivity index (χ3v) is 4.22. The van der Waals surface area contributed by atoms with Crippen molar-refractivity contribution in [3.8, 4) is 17.8 Å². The van der Waals surface area contributed by atoms with Crippen LogP contribution < -0.4 is 4.74 Å². The molecule has 0 fully saturated rings. The zero-order valence-electron chi connectivity index (χ0n) is 13.1. The van der Waals surface area contributed by atoms with E-state index in [1.807, 2.05) is 6.07 Å². The minimum Gasteiger partial charge on any atom is -0.492 e. The normalized spacial score (nSPS) is 21.7. The molecule has 1 aromatic heterocycles. The molecular weight excluding hydrogens is 310 g/mol. The van der Waals surface area contributed by atoms with Crippen molar-refractivity contribution in [1.82, 2.24) is 10.2 Å². The molecule has 1 aliphatic rings. The van der Waals surface area contributed by atoms with E-state index in [0.29, 0.717) is 16.7 Å². The molecule has 0 bridgehead atoms. The van der Waals surface area contributed by atoms with Crippen molar-refractivity contribution < 1.29 is 19.7 Å². The molecule has 0 aliphatic heterocycles. The molecule has 7 heteroatoms. The summed E-state index contributed by atoms with van der Waals surface area (Å²) >= 11 is 0. The van der Waals surface area contributed by atoms with Crippen molar-refractivity contribution in [2.24, 2.45) is 5.41 Å². The molecule has 1 aliphatic carbocycles. The zero-order valence-corrected chi connectivity index (χ0v) is 13.1. The predicted octanol–water partition coefficient (Wildman–Crippen LogP) is 1.76. The standard InChI is InChI=1S/C17H15N3O4/c1-17(2)15(22)10-4-3-9(8-18)7-11(10)14(16(17)23)24-13-6-5-12(21)19-20-13/h3-7,14,16,23H,1-2H3,(H,19,21)/t14-,16+/m1/s1. The van der Waals surface area contributed by atoms with Crippen molar-refractivity contribution in [3.05, 3.63) is 47.0 Å². The Bertz CT molecular complexity index is 840. The van der Waals surface area contributed by atoms with E-state index in [2.05, 4.69) is 10.2 Å². The maximum Gasteiger partial charge on any atom is 0.234 e. The number of nitriles is 1. The Morgan fingerprint density at radius 1 is 1.25 bits per heavy atom. The molecule has 2 atom stereocenters. The molecule has 0 spiro atoms. The van der Waals surface area contributed by atoms with Crippen LogP contribution in [-0.2, 0) is 0 Å². The second-order valence-electron chi connectivity index (χ2n) is 6.18. The fourth-order valence-electron chi connectivity index (χ4n) is 2.74. The van der Waals surface area contributed by atoms with Crippen LogP contribution in [-0.4, -0.2) is 32.3 Å². The monoisotopic (exact) mass is 325 g/mol. The number of aromatic nitrogens is 2. The van der Waals surface area contributed by atoms with Crippen LogP contribution in [0.4, 0.5) is 0 Å². The van der Waals surface area contributed by atoms with Gasteiger partial charge in [0, 0.05) is 23.3 Å². The Morgan fingerprint density at radius 2 is 2.00 bits per heavy atom. The molecule has 1 heterocycles. The highest BCUT2D eigenvalue weighted by Gasteiger charge is 2.48. The Morgan fingerprint density at radius 3 is 2.62 bits per heavy atom. The number of hydrogen-bond acceptors (Lipinski definition) is 7. The van der Waals surface area contributed by atoms with Crippen molar-refractivity contribution in [3.63, 3.8) is 0 Å². The van der Waals surface area contributed by atoms with Crippen LogP contribution in [0.3, 0.4) is 0 Å². The van der Waals surface area contributed by atoms with Gasteiger partial charge < -0.3 is 14.9 Å². The van der Waals surface area contributed by atoms with Gasteiger partial charge in [-0.25, -0.2) is 0 Å². The van der Waals surface area contributed by atoms with Crippen LogP contribution in [0.25, 0.3) is 0 Å². The summed E-state index contributed by atoms with van der Waals surface area (Å²) in [5.74, 6) is -0.379. The minimum atomic E-state index is -1.14. The molecule has 0 radical (unpaired) electrons. The minimum absolute atomic E-state index is 0.0929. The van der Waals surface area contributed by atoms with Crippen LogP contribution in [0.1, 0.15) is 41.4 Å². The molecular formula is C17H15N3O4. The maximum atomic E-state index is 12.6. The molecule has 1 aromatic carbocycles. The first-order valence-corrected chi connectivity index (χ1v) is 7.31. The van der Waals surface area contributed by atoms with E-state index in [-0.39, 0.29) is 17.5 Å². The Kier molecular flexibility index (Phi) is 3.70. The molecule has 2 aromatic rings. The lowest BCUT2D eigenvalue weighted by Crippen LogP contribution is -2.47. The zero-order chi connectivity index (χ0) is 17.5. The van der Waals surface area contributed by atoms with Gasteiger partial charge in [0.1, 0.15) is 6.10 Å². The number of benzene rings is 1. The second kappa shape index (κ2) is 5.58. The van der Waals surface area contributed by atoms with Crippen LogP contribution in [0.2, 0.25) is 0 Å². The van der Waals surface area contributed by atoms with Gasteiger partial charge in [-0.2, -0.15) is 5.26 Å². The molecule has 7 nitrogen and oxygen atoms in total. The molecule has 0 unspecified atom stereocenters. The van der Waals surface area contributed by atoms with Crippen molar-refractivity contribution in [1.29, 1.82) is 5.26 Å². The molecule has 3 rings (SSSR count). The summed E-state index contributed by atoms with van der Waals surface area (Å²) in [6.07, 6.45) is -2.03. The van der Waals surface area contributed by atoms with Crippen molar-refractivity contribution in [2.75, 3.05) is 0 Å². The molecule has 24 heavy (non-hydrogen) atoms. The van der Waals surface area contributed by atoms with E-state index < -0.39 is 17.6 Å². The first-order chi connectivity index (χ1) is 11.3. The Balaban J connectivity index is 2.10. The van der Waals surface area contributed by atoms with E-state index in [1.165, 1.54) is 18.2 Å². The first-order valence-electron chi connectivity index (χ1n) is 7.31. The van der Waals surface area contributed by atoms with E-state index in [9.17, 15) is 15.0 Å². The van der Waals surface area contributed by atoms with E-state index in [1.54, 1.807) is 26.0 Å². The lowest BCUT2D eigenvalue weighted by atomic mass is 9.69. The van der Waals surface area contributed by atoms with Gasteiger partial charge >= 0.3 is 0 Å². The number of aliphatic hydroxyl groups is 1. The predicted molar refractivity (Wildman–Crippen MR) is 82.3 cm³/mol. The first kappa shape index (κ1) is 15.9. The lowest BCUT2D eigenvalue weighted by Gasteiger charge is -2.40. The maximum absolute atomic E-state index is 12.6. The van der Waals surface area contributed by atoms with Gasteiger partial charge in [0.15, 0.2) is 11.9 Å². The number of ether oxygens (including phenoxy) is 1. The number of nitrogens with zero attached hydrogens (tertiary/aromatic N) is 3. The fourth-order valence-corrected chi connectivity index (χ4v) is 2.74.